The Bertz CT molecular complexity index is 369. The zero-order valence-electron chi connectivity index (χ0n) is 8.99. The van der Waals surface area contributed by atoms with Crippen LogP contribution in [0.5, 0.6) is 0 Å². The first kappa shape index (κ1) is 11.6. The number of oxime groups is 1. The second-order valence-electron chi connectivity index (χ2n) is 4.02. The van der Waals surface area contributed by atoms with E-state index in [-0.39, 0.29) is 0 Å². The molecule has 1 heterocycles. The van der Waals surface area contributed by atoms with Gasteiger partial charge in [-0.25, -0.2) is 0 Å². The van der Waals surface area contributed by atoms with Crippen LogP contribution in [-0.2, 0) is 0 Å². The summed E-state index contributed by atoms with van der Waals surface area (Å²) in [7, 11) is 0. The maximum atomic E-state index is 9.16. The summed E-state index contributed by atoms with van der Waals surface area (Å²) >= 11 is 3.40. The van der Waals surface area contributed by atoms with Gasteiger partial charge in [-0.05, 0) is 43.6 Å². The fraction of sp³-hybridized carbons (Fsp3) is 0.417. The summed E-state index contributed by atoms with van der Waals surface area (Å²) < 4.78 is 1.04. The third-order valence-electron chi connectivity index (χ3n) is 2.97. The van der Waals surface area contributed by atoms with Crippen molar-refractivity contribution in [3.05, 3.63) is 34.3 Å². The maximum Gasteiger partial charge on any atom is 0.0899 e. The Morgan fingerprint density at radius 1 is 1.25 bits per heavy atom. The van der Waals surface area contributed by atoms with Crippen molar-refractivity contribution < 1.29 is 5.21 Å². The molecule has 3 nitrogen and oxygen atoms in total. The summed E-state index contributed by atoms with van der Waals surface area (Å²) in [6.45, 7) is 2.00. The minimum absolute atomic E-state index is 0.368. The first-order valence-corrected chi connectivity index (χ1v) is 6.29. The summed E-state index contributed by atoms with van der Waals surface area (Å²) in [4.78, 5) is 0. The van der Waals surface area contributed by atoms with Crippen LogP contribution in [0.25, 0.3) is 0 Å². The molecular formula is C12H15BrN2O. The maximum absolute atomic E-state index is 9.16. The monoisotopic (exact) mass is 282 g/mol. The summed E-state index contributed by atoms with van der Waals surface area (Å²) in [5.41, 5.74) is 1.83. The second-order valence-corrected chi connectivity index (χ2v) is 4.93. The standard InChI is InChI=1S/C12H15BrN2O/c13-11-3-1-9(2-4-11)12(15-16)10-5-7-14-8-6-10/h1-4,10,14,16H,5-8H2/b15-12+. The Hall–Kier alpha value is -0.870. The minimum Gasteiger partial charge on any atom is -0.411 e. The van der Waals surface area contributed by atoms with Crippen molar-refractivity contribution in [2.45, 2.75) is 12.8 Å². The lowest BCUT2D eigenvalue weighted by Crippen LogP contribution is -2.32. The second kappa shape index (κ2) is 5.46. The molecule has 0 unspecified atom stereocenters. The molecule has 1 saturated heterocycles. The smallest absolute Gasteiger partial charge is 0.0899 e. The molecule has 0 spiro atoms. The van der Waals surface area contributed by atoms with Gasteiger partial charge < -0.3 is 10.5 Å². The lowest BCUT2D eigenvalue weighted by atomic mass is 9.89. The van der Waals surface area contributed by atoms with Gasteiger partial charge in [0.25, 0.3) is 0 Å². The van der Waals surface area contributed by atoms with E-state index in [2.05, 4.69) is 26.4 Å². The van der Waals surface area contributed by atoms with Crippen LogP contribution in [0, 0.1) is 5.92 Å². The van der Waals surface area contributed by atoms with Crippen molar-refractivity contribution >= 4 is 21.6 Å². The number of nitrogens with one attached hydrogen (secondary N) is 1. The van der Waals surface area contributed by atoms with Crippen LogP contribution in [0.2, 0.25) is 0 Å². The zero-order chi connectivity index (χ0) is 11.4. The van der Waals surface area contributed by atoms with Crippen LogP contribution in [-0.4, -0.2) is 24.0 Å². The predicted octanol–water partition coefficient (Wildman–Crippen LogP) is 2.63. The molecule has 16 heavy (non-hydrogen) atoms. The third-order valence-corrected chi connectivity index (χ3v) is 3.50. The molecule has 2 rings (SSSR count). The lowest BCUT2D eigenvalue weighted by Gasteiger charge is -2.23. The van der Waals surface area contributed by atoms with Crippen LogP contribution in [0.4, 0.5) is 0 Å². The highest BCUT2D eigenvalue weighted by Gasteiger charge is 2.20. The van der Waals surface area contributed by atoms with Gasteiger partial charge in [0.15, 0.2) is 0 Å². The molecule has 1 aromatic rings. The SMILES string of the molecule is O/N=C(\c1ccc(Br)cc1)C1CCNCC1. The van der Waals surface area contributed by atoms with Gasteiger partial charge in [0.2, 0.25) is 0 Å². The van der Waals surface area contributed by atoms with E-state index < -0.39 is 0 Å². The molecule has 86 valence electrons. The van der Waals surface area contributed by atoms with Gasteiger partial charge in [0, 0.05) is 10.4 Å². The van der Waals surface area contributed by atoms with Crippen LogP contribution in [0.3, 0.4) is 0 Å². The average Bonchev–Trinajstić information content (AvgIpc) is 2.34. The fourth-order valence-electron chi connectivity index (χ4n) is 2.09. The average molecular weight is 283 g/mol. The van der Waals surface area contributed by atoms with Gasteiger partial charge in [-0.3, -0.25) is 0 Å². The molecule has 4 heteroatoms. The van der Waals surface area contributed by atoms with Gasteiger partial charge in [-0.1, -0.05) is 33.2 Å². The van der Waals surface area contributed by atoms with Crippen molar-refractivity contribution in [1.82, 2.24) is 5.32 Å². The van der Waals surface area contributed by atoms with Crippen LogP contribution < -0.4 is 5.32 Å². The molecule has 1 aliphatic heterocycles. The first-order chi connectivity index (χ1) is 7.81. The van der Waals surface area contributed by atoms with E-state index in [1.54, 1.807) is 0 Å². The molecule has 0 bridgehead atoms. The molecule has 0 saturated carbocycles. The molecule has 0 aromatic heterocycles. The molecule has 1 aromatic carbocycles. The number of piperidine rings is 1. The minimum atomic E-state index is 0.368. The van der Waals surface area contributed by atoms with Crippen molar-refractivity contribution in [1.29, 1.82) is 0 Å². The quantitative estimate of drug-likeness (QED) is 0.498. The van der Waals surface area contributed by atoms with Gasteiger partial charge >= 0.3 is 0 Å². The van der Waals surface area contributed by atoms with E-state index in [0.717, 1.165) is 41.7 Å². The summed E-state index contributed by atoms with van der Waals surface area (Å²) in [6, 6.07) is 7.92. The van der Waals surface area contributed by atoms with E-state index >= 15 is 0 Å². The van der Waals surface area contributed by atoms with E-state index in [1.165, 1.54) is 0 Å². The number of halogens is 1. The largest absolute Gasteiger partial charge is 0.411 e. The molecule has 1 fully saturated rings. The number of hydrogen-bond acceptors (Lipinski definition) is 3. The highest BCUT2D eigenvalue weighted by atomic mass is 79.9. The number of benzene rings is 1. The fourth-order valence-corrected chi connectivity index (χ4v) is 2.36. The third kappa shape index (κ3) is 2.62. The topological polar surface area (TPSA) is 44.6 Å². The van der Waals surface area contributed by atoms with Gasteiger partial charge in [-0.15, -0.1) is 0 Å². The number of rotatable bonds is 2. The van der Waals surface area contributed by atoms with Gasteiger partial charge in [-0.2, -0.15) is 0 Å². The van der Waals surface area contributed by atoms with Crippen LogP contribution in [0.15, 0.2) is 33.9 Å². The summed E-state index contributed by atoms with van der Waals surface area (Å²) in [5.74, 6) is 0.368. The Labute approximate surface area is 104 Å². The number of nitrogens with zero attached hydrogens (tertiary/aromatic N) is 1. The van der Waals surface area contributed by atoms with Crippen LogP contribution in [0.1, 0.15) is 18.4 Å². The van der Waals surface area contributed by atoms with Crippen molar-refractivity contribution in [2.24, 2.45) is 11.1 Å². The number of hydrogen-bond donors (Lipinski definition) is 2. The van der Waals surface area contributed by atoms with Crippen molar-refractivity contribution in [3.8, 4) is 0 Å². The predicted molar refractivity (Wildman–Crippen MR) is 68.1 cm³/mol. The van der Waals surface area contributed by atoms with Crippen molar-refractivity contribution in [2.75, 3.05) is 13.1 Å². The van der Waals surface area contributed by atoms with Crippen LogP contribution >= 0.6 is 15.9 Å². The van der Waals surface area contributed by atoms with E-state index in [9.17, 15) is 0 Å². The molecule has 0 radical (unpaired) electrons. The Morgan fingerprint density at radius 3 is 2.44 bits per heavy atom. The molecule has 2 N–H and O–H groups in total. The molecule has 1 aliphatic rings. The Morgan fingerprint density at radius 2 is 1.88 bits per heavy atom. The molecular weight excluding hydrogens is 268 g/mol. The lowest BCUT2D eigenvalue weighted by molar-refractivity contribution is 0.311. The highest BCUT2D eigenvalue weighted by molar-refractivity contribution is 9.10. The summed E-state index contributed by atoms with van der Waals surface area (Å²) in [6.07, 6.45) is 2.07. The normalized spacial score (nSPS) is 18.7. The Kier molecular flexibility index (Phi) is 3.96. The molecule has 0 aliphatic carbocycles. The zero-order valence-corrected chi connectivity index (χ0v) is 10.6. The van der Waals surface area contributed by atoms with Crippen molar-refractivity contribution in [3.63, 3.8) is 0 Å². The Balaban J connectivity index is 2.18. The first-order valence-electron chi connectivity index (χ1n) is 5.50. The van der Waals surface area contributed by atoms with Gasteiger partial charge in [0.05, 0.1) is 5.71 Å². The van der Waals surface area contributed by atoms with E-state index in [0.29, 0.717) is 5.92 Å². The van der Waals surface area contributed by atoms with Gasteiger partial charge in [0.1, 0.15) is 0 Å². The molecule has 0 amide bonds. The highest BCUT2D eigenvalue weighted by Crippen LogP contribution is 2.20. The summed E-state index contributed by atoms with van der Waals surface area (Å²) in [5, 5.41) is 16.0. The van der Waals surface area contributed by atoms with E-state index in [1.807, 2.05) is 24.3 Å². The van der Waals surface area contributed by atoms with E-state index in [4.69, 9.17) is 5.21 Å². The molecule has 0 atom stereocenters.